The second-order valence-corrected chi connectivity index (χ2v) is 5.05. The second kappa shape index (κ2) is 7.19. The molecule has 1 amide bonds. The molecule has 0 aliphatic heterocycles. The van der Waals surface area contributed by atoms with Crippen LogP contribution in [-0.4, -0.2) is 25.0 Å². The zero-order valence-electron chi connectivity index (χ0n) is 11.2. The SMILES string of the molecule is C=CC(C)C(NC(=O)c1ccc(Br)c(F)c1)C(=O)OC. The lowest BCUT2D eigenvalue weighted by atomic mass is 10.0. The van der Waals surface area contributed by atoms with Gasteiger partial charge in [0.15, 0.2) is 0 Å². The molecule has 1 aromatic carbocycles. The van der Waals surface area contributed by atoms with Gasteiger partial charge >= 0.3 is 5.97 Å². The van der Waals surface area contributed by atoms with Crippen molar-refractivity contribution in [3.63, 3.8) is 0 Å². The summed E-state index contributed by atoms with van der Waals surface area (Å²) in [7, 11) is 1.23. The number of benzene rings is 1. The number of carbonyl (C=O) groups excluding carboxylic acids is 2. The van der Waals surface area contributed by atoms with Gasteiger partial charge in [0.05, 0.1) is 11.6 Å². The molecule has 1 rings (SSSR count). The highest BCUT2D eigenvalue weighted by Crippen LogP contribution is 2.17. The highest BCUT2D eigenvalue weighted by molar-refractivity contribution is 9.10. The molecule has 1 N–H and O–H groups in total. The van der Waals surface area contributed by atoms with Crippen LogP contribution in [0.15, 0.2) is 35.3 Å². The zero-order valence-corrected chi connectivity index (χ0v) is 12.7. The number of esters is 1. The molecule has 0 fully saturated rings. The summed E-state index contributed by atoms with van der Waals surface area (Å²) in [4.78, 5) is 23.7. The molecule has 0 spiro atoms. The number of amides is 1. The van der Waals surface area contributed by atoms with Crippen LogP contribution in [0.2, 0.25) is 0 Å². The summed E-state index contributed by atoms with van der Waals surface area (Å²) in [5.41, 5.74) is 0.121. The van der Waals surface area contributed by atoms with Crippen molar-refractivity contribution in [3.05, 3.63) is 46.7 Å². The number of rotatable bonds is 5. The number of carbonyl (C=O) groups is 2. The first-order valence-corrected chi connectivity index (χ1v) is 6.66. The van der Waals surface area contributed by atoms with Crippen LogP contribution in [0.4, 0.5) is 4.39 Å². The molecule has 6 heteroatoms. The second-order valence-electron chi connectivity index (χ2n) is 4.20. The first kappa shape index (κ1) is 16.4. The Bertz CT molecular complexity index is 533. The van der Waals surface area contributed by atoms with Crippen LogP contribution >= 0.6 is 15.9 Å². The molecule has 0 aliphatic carbocycles. The fourth-order valence-corrected chi connectivity index (χ4v) is 1.78. The first-order chi connectivity index (χ1) is 9.40. The van der Waals surface area contributed by atoms with E-state index in [4.69, 9.17) is 0 Å². The van der Waals surface area contributed by atoms with Gasteiger partial charge in [-0.15, -0.1) is 6.58 Å². The monoisotopic (exact) mass is 343 g/mol. The molecule has 0 saturated heterocycles. The van der Waals surface area contributed by atoms with Crippen LogP contribution in [0.5, 0.6) is 0 Å². The molecule has 0 heterocycles. The molecular weight excluding hydrogens is 329 g/mol. The minimum Gasteiger partial charge on any atom is -0.467 e. The molecule has 0 radical (unpaired) electrons. The minimum absolute atomic E-state index is 0.121. The smallest absolute Gasteiger partial charge is 0.328 e. The normalized spacial score (nSPS) is 13.2. The van der Waals surface area contributed by atoms with Crippen LogP contribution in [0.3, 0.4) is 0 Å². The molecule has 0 bridgehead atoms. The molecular formula is C14H15BrFNO3. The zero-order chi connectivity index (χ0) is 15.3. The third-order valence-electron chi connectivity index (χ3n) is 2.82. The average molecular weight is 344 g/mol. The number of nitrogens with one attached hydrogen (secondary N) is 1. The van der Waals surface area contributed by atoms with Gasteiger partial charge in [0.1, 0.15) is 11.9 Å². The summed E-state index contributed by atoms with van der Waals surface area (Å²) in [5.74, 6) is -2.00. The summed E-state index contributed by atoms with van der Waals surface area (Å²) in [6.07, 6.45) is 1.53. The summed E-state index contributed by atoms with van der Waals surface area (Å²) >= 11 is 3.00. The van der Waals surface area contributed by atoms with Gasteiger partial charge in [0.25, 0.3) is 5.91 Å². The number of methoxy groups -OCH3 is 1. The maximum atomic E-state index is 13.4. The predicted molar refractivity (Wildman–Crippen MR) is 76.7 cm³/mol. The molecule has 0 aromatic heterocycles. The standard InChI is InChI=1S/C14H15BrFNO3/c1-4-8(2)12(14(19)20-3)17-13(18)9-5-6-10(15)11(16)7-9/h4-8,12H,1H2,2-3H3,(H,17,18). The lowest BCUT2D eigenvalue weighted by Gasteiger charge is -2.20. The van der Waals surface area contributed by atoms with Crippen LogP contribution in [-0.2, 0) is 9.53 Å². The largest absolute Gasteiger partial charge is 0.467 e. The van der Waals surface area contributed by atoms with Crippen molar-refractivity contribution >= 4 is 27.8 Å². The van der Waals surface area contributed by atoms with Gasteiger partial charge in [0.2, 0.25) is 0 Å². The third kappa shape index (κ3) is 3.90. The molecule has 108 valence electrons. The van der Waals surface area contributed by atoms with Gasteiger partial charge in [-0.2, -0.15) is 0 Å². The Balaban J connectivity index is 2.92. The third-order valence-corrected chi connectivity index (χ3v) is 3.46. The minimum atomic E-state index is -0.864. The summed E-state index contributed by atoms with van der Waals surface area (Å²) in [5, 5.41) is 2.51. The Morgan fingerprint density at radius 1 is 1.50 bits per heavy atom. The number of hydrogen-bond donors (Lipinski definition) is 1. The Labute approximate surface area is 125 Å². The summed E-state index contributed by atoms with van der Waals surface area (Å²) in [6, 6.07) is 3.10. The van der Waals surface area contributed by atoms with E-state index in [9.17, 15) is 14.0 Å². The topological polar surface area (TPSA) is 55.4 Å². The Kier molecular flexibility index (Phi) is 5.88. The number of ether oxygens (including phenoxy) is 1. The van der Waals surface area contributed by atoms with Gasteiger partial charge in [0, 0.05) is 11.5 Å². The van der Waals surface area contributed by atoms with Crippen LogP contribution in [0.25, 0.3) is 0 Å². The molecule has 0 aliphatic rings. The van der Waals surface area contributed by atoms with E-state index >= 15 is 0 Å². The fourth-order valence-electron chi connectivity index (χ4n) is 1.53. The summed E-state index contributed by atoms with van der Waals surface area (Å²) < 4.78 is 18.3. The summed E-state index contributed by atoms with van der Waals surface area (Å²) in [6.45, 7) is 5.30. The maximum absolute atomic E-state index is 13.4. The van der Waals surface area contributed by atoms with Crippen molar-refractivity contribution in [2.45, 2.75) is 13.0 Å². The van der Waals surface area contributed by atoms with Crippen LogP contribution in [0.1, 0.15) is 17.3 Å². The van der Waals surface area contributed by atoms with E-state index in [1.807, 2.05) is 0 Å². The van der Waals surface area contributed by atoms with E-state index in [0.29, 0.717) is 0 Å². The molecule has 1 aromatic rings. The van der Waals surface area contributed by atoms with Gasteiger partial charge in [-0.05, 0) is 34.1 Å². The predicted octanol–water partition coefficient (Wildman–Crippen LogP) is 2.68. The number of hydrogen-bond acceptors (Lipinski definition) is 3. The van der Waals surface area contributed by atoms with E-state index < -0.39 is 23.7 Å². The van der Waals surface area contributed by atoms with E-state index in [2.05, 4.69) is 32.6 Å². The van der Waals surface area contributed by atoms with Gasteiger partial charge in [-0.3, -0.25) is 4.79 Å². The Morgan fingerprint density at radius 2 is 2.15 bits per heavy atom. The quantitative estimate of drug-likeness (QED) is 0.660. The molecule has 0 saturated carbocycles. The van der Waals surface area contributed by atoms with E-state index in [1.54, 1.807) is 6.92 Å². The van der Waals surface area contributed by atoms with Crippen molar-refractivity contribution < 1.29 is 18.7 Å². The molecule has 2 unspecified atom stereocenters. The Hall–Kier alpha value is -1.69. The van der Waals surface area contributed by atoms with Crippen LogP contribution in [0, 0.1) is 11.7 Å². The lowest BCUT2D eigenvalue weighted by Crippen LogP contribution is -2.45. The Morgan fingerprint density at radius 3 is 2.65 bits per heavy atom. The van der Waals surface area contributed by atoms with Crippen molar-refractivity contribution in [1.29, 1.82) is 0 Å². The highest BCUT2D eigenvalue weighted by atomic mass is 79.9. The molecule has 4 nitrogen and oxygen atoms in total. The first-order valence-electron chi connectivity index (χ1n) is 5.87. The van der Waals surface area contributed by atoms with Gasteiger partial charge < -0.3 is 10.1 Å². The average Bonchev–Trinajstić information content (AvgIpc) is 2.45. The van der Waals surface area contributed by atoms with E-state index in [1.165, 1.54) is 25.3 Å². The van der Waals surface area contributed by atoms with Gasteiger partial charge in [-0.25, -0.2) is 9.18 Å². The molecule has 2 atom stereocenters. The fraction of sp³-hybridized carbons (Fsp3) is 0.286. The van der Waals surface area contributed by atoms with Crippen molar-refractivity contribution in [1.82, 2.24) is 5.32 Å². The van der Waals surface area contributed by atoms with Gasteiger partial charge in [-0.1, -0.05) is 13.0 Å². The highest BCUT2D eigenvalue weighted by Gasteiger charge is 2.26. The van der Waals surface area contributed by atoms with Crippen molar-refractivity contribution in [2.24, 2.45) is 5.92 Å². The van der Waals surface area contributed by atoms with Crippen molar-refractivity contribution in [3.8, 4) is 0 Å². The van der Waals surface area contributed by atoms with Crippen molar-refractivity contribution in [2.75, 3.05) is 7.11 Å². The lowest BCUT2D eigenvalue weighted by molar-refractivity contribution is -0.143. The van der Waals surface area contributed by atoms with E-state index in [-0.39, 0.29) is 16.0 Å². The molecule has 20 heavy (non-hydrogen) atoms. The van der Waals surface area contributed by atoms with E-state index in [0.717, 1.165) is 6.07 Å². The number of halogens is 2. The van der Waals surface area contributed by atoms with Crippen LogP contribution < -0.4 is 5.32 Å². The maximum Gasteiger partial charge on any atom is 0.328 e.